The fourth-order valence-electron chi connectivity index (χ4n) is 3.15. The second-order valence-corrected chi connectivity index (χ2v) is 7.27. The van der Waals surface area contributed by atoms with Crippen LogP contribution in [0.15, 0.2) is 0 Å². The summed E-state index contributed by atoms with van der Waals surface area (Å²) in [6.07, 6.45) is 1.88. The van der Waals surface area contributed by atoms with E-state index < -0.39 is 11.6 Å². The van der Waals surface area contributed by atoms with Gasteiger partial charge >= 0.3 is 6.03 Å². The normalized spacial score (nSPS) is 18.2. The Bertz CT molecular complexity index is 462. The van der Waals surface area contributed by atoms with Crippen LogP contribution in [0.2, 0.25) is 0 Å². The Hall–Kier alpha value is -1.63. The summed E-state index contributed by atoms with van der Waals surface area (Å²) in [5.41, 5.74) is -0.863. The fraction of sp³-hybridized carbons (Fsp3) is 0.824. The molecule has 1 unspecified atom stereocenters. The molecular formula is C17H32N4O3. The third-order valence-corrected chi connectivity index (χ3v) is 4.46. The molecule has 1 heterocycles. The Morgan fingerprint density at radius 2 is 1.83 bits per heavy atom. The van der Waals surface area contributed by atoms with Gasteiger partial charge in [0.15, 0.2) is 0 Å². The first-order valence-corrected chi connectivity index (χ1v) is 8.73. The molecule has 1 fully saturated rings. The summed E-state index contributed by atoms with van der Waals surface area (Å²) >= 11 is 0. The number of likely N-dealkylation sites (N-methyl/N-ethyl adjacent to an activating group) is 1. The molecule has 7 heteroatoms. The lowest BCUT2D eigenvalue weighted by atomic mass is 9.93. The van der Waals surface area contributed by atoms with Crippen LogP contribution in [0.4, 0.5) is 4.79 Å². The molecule has 7 nitrogen and oxygen atoms in total. The van der Waals surface area contributed by atoms with Gasteiger partial charge < -0.3 is 15.5 Å². The highest BCUT2D eigenvalue weighted by Crippen LogP contribution is 2.24. The molecule has 0 saturated carbocycles. The van der Waals surface area contributed by atoms with Crippen molar-refractivity contribution in [1.29, 1.82) is 0 Å². The maximum atomic E-state index is 12.5. The van der Waals surface area contributed by atoms with Gasteiger partial charge in [0.2, 0.25) is 5.91 Å². The minimum Gasteiger partial charge on any atom is -0.351 e. The van der Waals surface area contributed by atoms with E-state index in [2.05, 4.69) is 24.5 Å². The summed E-state index contributed by atoms with van der Waals surface area (Å²) in [6.45, 7) is 8.42. The van der Waals surface area contributed by atoms with Gasteiger partial charge in [-0.3, -0.25) is 14.5 Å². The number of amides is 4. The Labute approximate surface area is 145 Å². The summed E-state index contributed by atoms with van der Waals surface area (Å²) in [7, 11) is 3.90. The molecule has 0 aromatic rings. The first kappa shape index (κ1) is 20.4. The van der Waals surface area contributed by atoms with Crippen LogP contribution >= 0.6 is 0 Å². The number of rotatable bonds is 9. The van der Waals surface area contributed by atoms with E-state index in [1.165, 1.54) is 0 Å². The van der Waals surface area contributed by atoms with E-state index in [-0.39, 0.29) is 24.4 Å². The molecule has 4 amide bonds. The zero-order valence-corrected chi connectivity index (χ0v) is 15.8. The van der Waals surface area contributed by atoms with Crippen molar-refractivity contribution in [3.63, 3.8) is 0 Å². The Morgan fingerprint density at radius 1 is 1.25 bits per heavy atom. The van der Waals surface area contributed by atoms with Gasteiger partial charge in [0.05, 0.1) is 0 Å². The van der Waals surface area contributed by atoms with Crippen LogP contribution in [0.1, 0.15) is 47.0 Å². The molecule has 1 rings (SSSR count). The molecule has 0 aromatic heterocycles. The van der Waals surface area contributed by atoms with Crippen molar-refractivity contribution in [2.45, 2.75) is 58.5 Å². The molecule has 0 aliphatic carbocycles. The average molecular weight is 340 g/mol. The van der Waals surface area contributed by atoms with E-state index in [0.717, 1.165) is 17.9 Å². The molecule has 24 heavy (non-hydrogen) atoms. The van der Waals surface area contributed by atoms with E-state index in [4.69, 9.17) is 0 Å². The smallest absolute Gasteiger partial charge is 0.325 e. The number of hydrogen-bond donors (Lipinski definition) is 2. The summed E-state index contributed by atoms with van der Waals surface area (Å²) in [6, 6.07) is -0.484. The fourth-order valence-corrected chi connectivity index (χ4v) is 3.15. The third kappa shape index (κ3) is 4.93. The minimum absolute atomic E-state index is 0.00428. The van der Waals surface area contributed by atoms with Gasteiger partial charge in [0.25, 0.3) is 5.91 Å². The summed E-state index contributed by atoms with van der Waals surface area (Å²) in [5.74, 6) is -0.158. The van der Waals surface area contributed by atoms with E-state index in [0.29, 0.717) is 18.8 Å². The quantitative estimate of drug-likeness (QED) is 0.618. The minimum atomic E-state index is -0.863. The highest BCUT2D eigenvalue weighted by Gasteiger charge is 2.49. The summed E-state index contributed by atoms with van der Waals surface area (Å²) in [4.78, 5) is 40.0. The van der Waals surface area contributed by atoms with E-state index >= 15 is 0 Å². The molecule has 1 saturated heterocycles. The topological polar surface area (TPSA) is 81.8 Å². The molecule has 0 aromatic carbocycles. The maximum Gasteiger partial charge on any atom is 0.325 e. The van der Waals surface area contributed by atoms with E-state index in [9.17, 15) is 14.4 Å². The number of nitrogens with one attached hydrogen (secondary N) is 2. The molecular weight excluding hydrogens is 308 g/mol. The van der Waals surface area contributed by atoms with Crippen molar-refractivity contribution in [2.24, 2.45) is 5.92 Å². The Balaban J connectivity index is 2.72. The van der Waals surface area contributed by atoms with Crippen molar-refractivity contribution in [3.05, 3.63) is 0 Å². The summed E-state index contributed by atoms with van der Waals surface area (Å²) < 4.78 is 0. The second kappa shape index (κ2) is 8.46. The predicted octanol–water partition coefficient (Wildman–Crippen LogP) is 1.19. The molecule has 0 bridgehead atoms. The lowest BCUT2D eigenvalue weighted by molar-refractivity contribution is -0.135. The highest BCUT2D eigenvalue weighted by molar-refractivity contribution is 6.08. The number of carbonyl (C=O) groups excluding carboxylic acids is 3. The third-order valence-electron chi connectivity index (χ3n) is 4.46. The number of nitrogens with zero attached hydrogens (tertiary/aromatic N) is 2. The van der Waals surface area contributed by atoms with Crippen LogP contribution < -0.4 is 10.6 Å². The van der Waals surface area contributed by atoms with E-state index in [1.54, 1.807) is 0 Å². The predicted molar refractivity (Wildman–Crippen MR) is 93.5 cm³/mol. The molecule has 1 atom stereocenters. The van der Waals surface area contributed by atoms with Gasteiger partial charge in [-0.05, 0) is 39.3 Å². The SMILES string of the molecule is CCC1(CC)NC(=O)N(CC(=O)NC(CC(C)C)CN(C)C)C1=O. The zero-order chi connectivity index (χ0) is 18.5. The largest absolute Gasteiger partial charge is 0.351 e. The highest BCUT2D eigenvalue weighted by atomic mass is 16.2. The van der Waals surface area contributed by atoms with Crippen LogP contribution in [0.25, 0.3) is 0 Å². The van der Waals surface area contributed by atoms with Crippen molar-refractivity contribution in [3.8, 4) is 0 Å². The van der Waals surface area contributed by atoms with Crippen LogP contribution in [0.5, 0.6) is 0 Å². The van der Waals surface area contributed by atoms with Gasteiger partial charge in [-0.25, -0.2) is 4.79 Å². The molecule has 0 spiro atoms. The lowest BCUT2D eigenvalue weighted by Crippen LogP contribution is -2.49. The van der Waals surface area contributed by atoms with Gasteiger partial charge in [-0.1, -0.05) is 27.7 Å². The van der Waals surface area contributed by atoms with Crippen LogP contribution in [-0.2, 0) is 9.59 Å². The molecule has 1 aliphatic heterocycles. The first-order chi connectivity index (χ1) is 11.1. The number of urea groups is 1. The zero-order valence-electron chi connectivity index (χ0n) is 15.8. The Morgan fingerprint density at radius 3 is 2.25 bits per heavy atom. The maximum absolute atomic E-state index is 12.5. The van der Waals surface area contributed by atoms with Crippen molar-refractivity contribution >= 4 is 17.8 Å². The number of carbonyl (C=O) groups is 3. The van der Waals surface area contributed by atoms with Crippen LogP contribution in [-0.4, -0.2) is 66.4 Å². The summed E-state index contributed by atoms with van der Waals surface area (Å²) in [5, 5.41) is 5.70. The van der Waals surface area contributed by atoms with Gasteiger partial charge in [-0.2, -0.15) is 0 Å². The molecule has 0 radical (unpaired) electrons. The standard InChI is InChI=1S/C17H32N4O3/c1-7-17(8-2)15(23)21(16(24)19-17)11-14(22)18-13(9-12(3)4)10-20(5)6/h12-13H,7-11H2,1-6H3,(H,18,22)(H,19,24). The number of imide groups is 1. The van der Waals surface area contributed by atoms with Crippen LogP contribution in [0.3, 0.4) is 0 Å². The molecule has 138 valence electrons. The molecule has 1 aliphatic rings. The number of hydrogen-bond acceptors (Lipinski definition) is 4. The van der Waals surface area contributed by atoms with Crippen molar-refractivity contribution < 1.29 is 14.4 Å². The lowest BCUT2D eigenvalue weighted by Gasteiger charge is -2.25. The monoisotopic (exact) mass is 340 g/mol. The van der Waals surface area contributed by atoms with Gasteiger partial charge in [0, 0.05) is 12.6 Å². The van der Waals surface area contributed by atoms with E-state index in [1.807, 2.05) is 32.8 Å². The van der Waals surface area contributed by atoms with Crippen molar-refractivity contribution in [2.75, 3.05) is 27.2 Å². The van der Waals surface area contributed by atoms with Gasteiger partial charge in [0.1, 0.15) is 12.1 Å². The van der Waals surface area contributed by atoms with Crippen molar-refractivity contribution in [1.82, 2.24) is 20.4 Å². The Kier molecular flexibility index (Phi) is 7.20. The first-order valence-electron chi connectivity index (χ1n) is 8.73. The van der Waals surface area contributed by atoms with Crippen LogP contribution in [0, 0.1) is 5.92 Å². The second-order valence-electron chi connectivity index (χ2n) is 7.27. The average Bonchev–Trinajstić information content (AvgIpc) is 2.70. The molecule has 2 N–H and O–H groups in total. The van der Waals surface area contributed by atoms with Gasteiger partial charge in [-0.15, -0.1) is 0 Å².